The van der Waals surface area contributed by atoms with Crippen molar-refractivity contribution < 1.29 is 9.59 Å². The Morgan fingerprint density at radius 1 is 1.28 bits per heavy atom. The molecule has 0 aliphatic heterocycles. The van der Waals surface area contributed by atoms with Crippen LogP contribution in [0.4, 0.5) is 0 Å². The second-order valence-corrected chi connectivity index (χ2v) is 7.89. The number of carbonyl (C=O) groups is 2. The molecule has 0 aliphatic rings. The van der Waals surface area contributed by atoms with E-state index in [4.69, 9.17) is 0 Å². The zero-order valence-electron chi connectivity index (χ0n) is 15.4. The van der Waals surface area contributed by atoms with Crippen LogP contribution in [0.15, 0.2) is 29.4 Å². The lowest BCUT2D eigenvalue weighted by Gasteiger charge is -2.23. The van der Waals surface area contributed by atoms with E-state index >= 15 is 0 Å². The van der Waals surface area contributed by atoms with Gasteiger partial charge in [0.15, 0.2) is 5.16 Å². The maximum Gasteiger partial charge on any atom is 0.242 e. The molecule has 25 heavy (non-hydrogen) atoms. The van der Waals surface area contributed by atoms with Gasteiger partial charge in [-0.25, -0.2) is 4.98 Å². The van der Waals surface area contributed by atoms with E-state index in [-0.39, 0.29) is 23.1 Å². The summed E-state index contributed by atoms with van der Waals surface area (Å²) in [6.45, 7) is 10.2. The van der Waals surface area contributed by atoms with E-state index in [9.17, 15) is 9.59 Å². The van der Waals surface area contributed by atoms with E-state index in [2.05, 4.69) is 27.1 Å². The Balaban J connectivity index is 1.95. The summed E-state index contributed by atoms with van der Waals surface area (Å²) in [7, 11) is 0. The lowest BCUT2D eigenvalue weighted by atomic mass is 10.1. The van der Waals surface area contributed by atoms with E-state index in [0.717, 1.165) is 22.7 Å². The number of hydrogen-bond acceptors (Lipinski definition) is 4. The fourth-order valence-electron chi connectivity index (χ4n) is 2.43. The number of carbonyl (C=O) groups excluding carboxylic acids is 2. The third-order valence-electron chi connectivity index (χ3n) is 3.54. The van der Waals surface area contributed by atoms with Crippen molar-refractivity contribution in [3.8, 4) is 0 Å². The highest BCUT2D eigenvalue weighted by Gasteiger charge is 2.21. The van der Waals surface area contributed by atoms with Gasteiger partial charge < -0.3 is 15.2 Å². The van der Waals surface area contributed by atoms with E-state index in [1.54, 1.807) is 6.92 Å². The molecule has 0 fully saturated rings. The second-order valence-electron chi connectivity index (χ2n) is 6.94. The Kier molecular flexibility index (Phi) is 6.11. The highest BCUT2D eigenvalue weighted by molar-refractivity contribution is 7.99. The minimum atomic E-state index is -0.572. The van der Waals surface area contributed by atoms with Crippen molar-refractivity contribution in [2.24, 2.45) is 0 Å². The van der Waals surface area contributed by atoms with Crippen LogP contribution in [0.25, 0.3) is 11.0 Å². The number of imidazole rings is 1. The van der Waals surface area contributed by atoms with Crippen LogP contribution in [-0.4, -0.2) is 38.7 Å². The molecule has 1 aromatic carbocycles. The van der Waals surface area contributed by atoms with Crippen LogP contribution in [0.1, 0.15) is 34.6 Å². The summed E-state index contributed by atoms with van der Waals surface area (Å²) in [4.78, 5) is 28.8. The van der Waals surface area contributed by atoms with E-state index in [1.165, 1.54) is 11.8 Å². The van der Waals surface area contributed by atoms with E-state index in [1.807, 2.05) is 45.0 Å². The van der Waals surface area contributed by atoms with Gasteiger partial charge in [-0.05, 0) is 46.8 Å². The third kappa shape index (κ3) is 5.22. The second kappa shape index (κ2) is 7.91. The Morgan fingerprint density at radius 3 is 2.60 bits per heavy atom. The number of aromatic nitrogens is 2. The molecule has 6 nitrogen and oxygen atoms in total. The number of fused-ring (bicyclic) bond motifs is 1. The number of aryl methyl sites for hydroxylation is 1. The lowest BCUT2D eigenvalue weighted by molar-refractivity contribution is -0.128. The van der Waals surface area contributed by atoms with Gasteiger partial charge in [0.2, 0.25) is 11.8 Å². The van der Waals surface area contributed by atoms with Crippen LogP contribution < -0.4 is 10.6 Å². The summed E-state index contributed by atoms with van der Waals surface area (Å²) in [5.74, 6) is -0.154. The highest BCUT2D eigenvalue weighted by atomic mass is 32.2. The molecule has 1 aromatic heterocycles. The first-order valence-corrected chi connectivity index (χ1v) is 9.39. The van der Waals surface area contributed by atoms with Gasteiger partial charge in [0.25, 0.3) is 0 Å². The summed E-state index contributed by atoms with van der Waals surface area (Å²) in [5, 5.41) is 6.40. The average molecular weight is 362 g/mol. The Hall–Kier alpha value is -2.02. The maximum absolute atomic E-state index is 12.2. The average Bonchev–Trinajstić information content (AvgIpc) is 2.88. The topological polar surface area (TPSA) is 76.0 Å². The van der Waals surface area contributed by atoms with Crippen LogP contribution in [0.3, 0.4) is 0 Å². The number of nitrogens with zero attached hydrogens (tertiary/aromatic N) is 2. The molecule has 136 valence electrons. The highest BCUT2D eigenvalue weighted by Crippen LogP contribution is 2.23. The number of nitrogens with one attached hydrogen (secondary N) is 2. The molecule has 2 amide bonds. The van der Waals surface area contributed by atoms with Gasteiger partial charge in [-0.15, -0.1) is 0 Å². The van der Waals surface area contributed by atoms with E-state index in [0.29, 0.717) is 0 Å². The molecule has 0 radical (unpaired) electrons. The molecule has 0 saturated carbocycles. The van der Waals surface area contributed by atoms with Gasteiger partial charge in [-0.2, -0.15) is 0 Å². The number of benzene rings is 1. The fourth-order valence-corrected chi connectivity index (χ4v) is 3.32. The minimum absolute atomic E-state index is 0.184. The largest absolute Gasteiger partial charge is 0.350 e. The first-order chi connectivity index (χ1) is 11.7. The van der Waals surface area contributed by atoms with Crippen molar-refractivity contribution in [2.75, 3.05) is 5.75 Å². The Labute approximate surface area is 152 Å². The summed E-state index contributed by atoms with van der Waals surface area (Å²) >= 11 is 1.38. The molecule has 2 N–H and O–H groups in total. The van der Waals surface area contributed by atoms with Crippen molar-refractivity contribution in [2.45, 2.75) is 57.9 Å². The molecule has 1 heterocycles. The number of rotatable bonds is 6. The Bertz CT molecular complexity index is 764. The van der Waals surface area contributed by atoms with Crippen LogP contribution in [0.5, 0.6) is 0 Å². The van der Waals surface area contributed by atoms with Gasteiger partial charge in [0, 0.05) is 12.1 Å². The Morgan fingerprint density at radius 2 is 1.96 bits per heavy atom. The third-order valence-corrected chi connectivity index (χ3v) is 4.51. The van der Waals surface area contributed by atoms with Crippen molar-refractivity contribution in [1.82, 2.24) is 20.2 Å². The van der Waals surface area contributed by atoms with Gasteiger partial charge in [0.1, 0.15) is 6.04 Å². The molecule has 0 bridgehead atoms. The van der Waals surface area contributed by atoms with Crippen molar-refractivity contribution in [1.29, 1.82) is 0 Å². The lowest BCUT2D eigenvalue weighted by Crippen LogP contribution is -2.51. The fraction of sp³-hybridized carbons (Fsp3) is 0.500. The number of para-hydroxylation sites is 2. The predicted molar refractivity (Wildman–Crippen MR) is 102 cm³/mol. The van der Waals surface area contributed by atoms with Crippen LogP contribution in [0, 0.1) is 0 Å². The van der Waals surface area contributed by atoms with Gasteiger partial charge >= 0.3 is 0 Å². The molecule has 1 atom stereocenters. The zero-order chi connectivity index (χ0) is 18.6. The summed E-state index contributed by atoms with van der Waals surface area (Å²) in [6.07, 6.45) is 0. The molecular weight excluding hydrogens is 336 g/mol. The number of thioether (sulfide) groups is 1. The summed E-state index contributed by atoms with van der Waals surface area (Å²) < 4.78 is 2.09. The number of hydrogen-bond donors (Lipinski definition) is 2. The van der Waals surface area contributed by atoms with Crippen molar-refractivity contribution in [3.63, 3.8) is 0 Å². The van der Waals surface area contributed by atoms with Crippen LogP contribution >= 0.6 is 11.8 Å². The molecule has 7 heteroatoms. The standard InChI is InChI=1S/C18H26N4O2S/c1-6-22-14-10-8-7-9-13(14)20-17(22)25-11-15(23)19-12(2)16(24)21-18(3,4)5/h7-10,12H,6,11H2,1-5H3,(H,19,23)(H,21,24). The van der Waals surface area contributed by atoms with E-state index < -0.39 is 6.04 Å². The smallest absolute Gasteiger partial charge is 0.242 e. The molecule has 0 aliphatic carbocycles. The predicted octanol–water partition coefficient (Wildman–Crippen LogP) is 2.57. The molecule has 1 unspecified atom stereocenters. The van der Waals surface area contributed by atoms with Gasteiger partial charge in [-0.1, -0.05) is 23.9 Å². The first kappa shape index (κ1) is 19.3. The molecule has 2 aromatic rings. The van der Waals surface area contributed by atoms with Crippen molar-refractivity contribution in [3.05, 3.63) is 24.3 Å². The quantitative estimate of drug-likeness (QED) is 0.775. The molecule has 0 spiro atoms. The van der Waals surface area contributed by atoms with Crippen molar-refractivity contribution >= 4 is 34.6 Å². The van der Waals surface area contributed by atoms with Crippen LogP contribution in [0.2, 0.25) is 0 Å². The molecule has 2 rings (SSSR count). The number of amides is 2. The summed E-state index contributed by atoms with van der Waals surface area (Å²) in [5.41, 5.74) is 1.66. The van der Waals surface area contributed by atoms with Crippen LogP contribution in [-0.2, 0) is 16.1 Å². The molecule has 0 saturated heterocycles. The normalized spacial score (nSPS) is 12.8. The maximum atomic E-state index is 12.2. The monoisotopic (exact) mass is 362 g/mol. The van der Waals surface area contributed by atoms with Gasteiger partial charge in [0.05, 0.1) is 16.8 Å². The van der Waals surface area contributed by atoms with Gasteiger partial charge in [-0.3, -0.25) is 9.59 Å². The SMILES string of the molecule is CCn1c(SCC(=O)NC(C)C(=O)NC(C)(C)C)nc2ccccc21. The molecular formula is C18H26N4O2S. The summed E-state index contributed by atoms with van der Waals surface area (Å²) in [6, 6.07) is 7.34. The zero-order valence-corrected chi connectivity index (χ0v) is 16.2. The minimum Gasteiger partial charge on any atom is -0.350 e. The first-order valence-electron chi connectivity index (χ1n) is 8.40.